The second kappa shape index (κ2) is 5.30. The highest BCUT2D eigenvalue weighted by Gasteiger charge is 2.34. The predicted octanol–water partition coefficient (Wildman–Crippen LogP) is 1.11. The first kappa shape index (κ1) is 12.8. The topological polar surface area (TPSA) is 92.2 Å². The van der Waals surface area contributed by atoms with E-state index in [2.05, 4.69) is 15.3 Å². The minimum Gasteiger partial charge on any atom is -0.481 e. The van der Waals surface area contributed by atoms with Crippen molar-refractivity contribution in [1.29, 1.82) is 0 Å². The molecule has 2 N–H and O–H groups in total. The molecule has 0 radical (unpaired) electrons. The lowest BCUT2D eigenvalue weighted by molar-refractivity contribution is -0.142. The Bertz CT molecular complexity index is 463. The molecule has 1 aliphatic carbocycles. The lowest BCUT2D eigenvalue weighted by Crippen LogP contribution is -2.40. The molecule has 1 saturated carbocycles. The summed E-state index contributed by atoms with van der Waals surface area (Å²) in [5.41, 5.74) is 0.135. The Morgan fingerprint density at radius 3 is 2.72 bits per heavy atom. The highest BCUT2D eigenvalue weighted by molar-refractivity contribution is 6.29. The van der Waals surface area contributed by atoms with Crippen molar-refractivity contribution in [2.24, 2.45) is 5.92 Å². The van der Waals surface area contributed by atoms with Crippen molar-refractivity contribution < 1.29 is 14.7 Å². The summed E-state index contributed by atoms with van der Waals surface area (Å²) in [7, 11) is 0. The number of hydrogen-bond acceptors (Lipinski definition) is 4. The molecule has 2 rings (SSSR count). The molecule has 0 aliphatic heterocycles. The van der Waals surface area contributed by atoms with Crippen molar-refractivity contribution in [1.82, 2.24) is 15.3 Å². The van der Waals surface area contributed by atoms with Gasteiger partial charge in [-0.2, -0.15) is 0 Å². The molecular weight excluding hydrogens is 258 g/mol. The molecule has 0 aromatic carbocycles. The fraction of sp³-hybridized carbons (Fsp3) is 0.455. The molecule has 18 heavy (non-hydrogen) atoms. The van der Waals surface area contributed by atoms with Gasteiger partial charge in [0.2, 0.25) is 0 Å². The van der Waals surface area contributed by atoms with E-state index >= 15 is 0 Å². The lowest BCUT2D eigenvalue weighted by atomic mass is 10.0. The average Bonchev–Trinajstić information content (AvgIpc) is 2.78. The van der Waals surface area contributed by atoms with Crippen molar-refractivity contribution in [2.45, 2.75) is 25.3 Å². The second-order valence-electron chi connectivity index (χ2n) is 4.18. The molecule has 1 amide bonds. The fourth-order valence-electron chi connectivity index (χ4n) is 2.10. The maximum Gasteiger partial charge on any atom is 0.308 e. The van der Waals surface area contributed by atoms with Gasteiger partial charge in [0, 0.05) is 6.04 Å². The van der Waals surface area contributed by atoms with Crippen molar-refractivity contribution in [3.05, 3.63) is 23.2 Å². The van der Waals surface area contributed by atoms with Crippen molar-refractivity contribution in [3.63, 3.8) is 0 Å². The van der Waals surface area contributed by atoms with E-state index in [0.717, 1.165) is 6.42 Å². The second-order valence-corrected chi connectivity index (χ2v) is 4.57. The zero-order valence-corrected chi connectivity index (χ0v) is 10.2. The average molecular weight is 270 g/mol. The van der Waals surface area contributed by atoms with E-state index in [4.69, 9.17) is 16.7 Å². The number of nitrogens with one attached hydrogen (secondary N) is 1. The maximum absolute atomic E-state index is 11.8. The van der Waals surface area contributed by atoms with Crippen molar-refractivity contribution in [3.8, 4) is 0 Å². The van der Waals surface area contributed by atoms with Gasteiger partial charge in [-0.15, -0.1) is 0 Å². The molecule has 0 bridgehead atoms. The van der Waals surface area contributed by atoms with Gasteiger partial charge in [0.15, 0.2) is 0 Å². The van der Waals surface area contributed by atoms with Gasteiger partial charge in [-0.3, -0.25) is 9.59 Å². The molecular formula is C11H12ClN3O3. The summed E-state index contributed by atoms with van der Waals surface area (Å²) < 4.78 is 0. The quantitative estimate of drug-likeness (QED) is 0.858. The van der Waals surface area contributed by atoms with E-state index in [1.54, 1.807) is 0 Å². The van der Waals surface area contributed by atoms with Gasteiger partial charge in [-0.25, -0.2) is 9.97 Å². The van der Waals surface area contributed by atoms with Gasteiger partial charge < -0.3 is 10.4 Å². The molecule has 96 valence electrons. The Hall–Kier alpha value is -1.69. The Morgan fingerprint density at radius 1 is 1.33 bits per heavy atom. The number of aliphatic carboxylic acids is 1. The maximum atomic E-state index is 11.8. The van der Waals surface area contributed by atoms with E-state index in [1.807, 2.05) is 0 Å². The first-order valence-corrected chi connectivity index (χ1v) is 5.97. The van der Waals surface area contributed by atoms with Crippen LogP contribution in [-0.4, -0.2) is 33.0 Å². The summed E-state index contributed by atoms with van der Waals surface area (Å²) in [6.07, 6.45) is 4.60. The lowest BCUT2D eigenvalue weighted by Gasteiger charge is -2.16. The highest BCUT2D eigenvalue weighted by Crippen LogP contribution is 2.25. The highest BCUT2D eigenvalue weighted by atomic mass is 35.5. The molecule has 2 atom stereocenters. The number of halogens is 1. The van der Waals surface area contributed by atoms with Gasteiger partial charge in [0.25, 0.3) is 5.91 Å². The van der Waals surface area contributed by atoms with Gasteiger partial charge in [-0.1, -0.05) is 18.0 Å². The standard InChI is InChI=1S/C11H12ClN3O3/c12-9-5-13-8(4-14-9)10(16)15-7-3-1-2-6(7)11(17)18/h4-7H,1-3H2,(H,15,16)(H,17,18). The first-order chi connectivity index (χ1) is 8.58. The predicted molar refractivity (Wildman–Crippen MR) is 63.3 cm³/mol. The van der Waals surface area contributed by atoms with Gasteiger partial charge >= 0.3 is 5.97 Å². The normalized spacial score (nSPS) is 22.7. The van der Waals surface area contributed by atoms with Gasteiger partial charge in [0.1, 0.15) is 10.8 Å². The Balaban J connectivity index is 2.03. The molecule has 0 saturated heterocycles. The third-order valence-electron chi connectivity index (χ3n) is 3.00. The van der Waals surface area contributed by atoms with Crippen LogP contribution in [0.5, 0.6) is 0 Å². The van der Waals surface area contributed by atoms with Crippen LogP contribution in [0, 0.1) is 5.92 Å². The first-order valence-electron chi connectivity index (χ1n) is 5.59. The van der Waals surface area contributed by atoms with Crippen LogP contribution in [0.3, 0.4) is 0 Å². The van der Waals surface area contributed by atoms with E-state index in [-0.39, 0.29) is 16.9 Å². The fourth-order valence-corrected chi connectivity index (χ4v) is 2.20. The SMILES string of the molecule is O=C(NC1CCCC1C(=O)O)c1cnc(Cl)cn1. The number of nitrogens with zero attached hydrogens (tertiary/aromatic N) is 2. The van der Waals surface area contributed by atoms with E-state index in [9.17, 15) is 9.59 Å². The van der Waals surface area contributed by atoms with Crippen LogP contribution in [0.25, 0.3) is 0 Å². The summed E-state index contributed by atoms with van der Waals surface area (Å²) in [5, 5.41) is 11.9. The monoisotopic (exact) mass is 269 g/mol. The Morgan fingerprint density at radius 2 is 2.11 bits per heavy atom. The minimum absolute atomic E-state index is 0.135. The zero-order chi connectivity index (χ0) is 13.1. The van der Waals surface area contributed by atoms with Crippen LogP contribution in [-0.2, 0) is 4.79 Å². The van der Waals surface area contributed by atoms with Gasteiger partial charge in [-0.05, 0) is 12.8 Å². The number of aromatic nitrogens is 2. The van der Waals surface area contributed by atoms with Crippen LogP contribution >= 0.6 is 11.6 Å². The summed E-state index contributed by atoms with van der Waals surface area (Å²) in [5.74, 6) is -1.81. The number of carbonyl (C=O) groups excluding carboxylic acids is 1. The van der Waals surface area contributed by atoms with Crippen LogP contribution in [0.1, 0.15) is 29.8 Å². The molecule has 6 nitrogen and oxygen atoms in total. The van der Waals surface area contributed by atoms with E-state index < -0.39 is 17.8 Å². The number of amides is 1. The molecule has 1 aromatic rings. The summed E-state index contributed by atoms with van der Waals surface area (Å²) in [6.45, 7) is 0. The molecule has 1 heterocycles. The van der Waals surface area contributed by atoms with Crippen LogP contribution < -0.4 is 5.32 Å². The van der Waals surface area contributed by atoms with Crippen LogP contribution in [0.2, 0.25) is 5.15 Å². The van der Waals surface area contributed by atoms with Crippen LogP contribution in [0.4, 0.5) is 0 Å². The van der Waals surface area contributed by atoms with E-state index in [1.165, 1.54) is 12.4 Å². The van der Waals surface area contributed by atoms with Crippen molar-refractivity contribution in [2.75, 3.05) is 0 Å². The molecule has 1 aromatic heterocycles. The number of rotatable bonds is 3. The number of carboxylic acids is 1. The number of carbonyl (C=O) groups is 2. The Kier molecular flexibility index (Phi) is 3.76. The van der Waals surface area contributed by atoms with E-state index in [0.29, 0.717) is 12.8 Å². The minimum atomic E-state index is -0.875. The third-order valence-corrected chi connectivity index (χ3v) is 3.20. The molecule has 1 aliphatic rings. The molecule has 7 heteroatoms. The van der Waals surface area contributed by atoms with Gasteiger partial charge in [0.05, 0.1) is 18.3 Å². The summed E-state index contributed by atoms with van der Waals surface area (Å²) in [6, 6.07) is -0.340. The van der Waals surface area contributed by atoms with Crippen molar-refractivity contribution >= 4 is 23.5 Å². The summed E-state index contributed by atoms with van der Waals surface area (Å²) in [4.78, 5) is 30.4. The Labute approximate surface area is 108 Å². The number of carboxylic acid groups (broad SMARTS) is 1. The third kappa shape index (κ3) is 2.76. The van der Waals surface area contributed by atoms with Crippen LogP contribution in [0.15, 0.2) is 12.4 Å². The molecule has 0 spiro atoms. The summed E-state index contributed by atoms with van der Waals surface area (Å²) >= 11 is 5.57. The zero-order valence-electron chi connectivity index (χ0n) is 9.47. The molecule has 2 unspecified atom stereocenters. The molecule has 1 fully saturated rings. The number of hydrogen-bond donors (Lipinski definition) is 2. The smallest absolute Gasteiger partial charge is 0.308 e. The largest absolute Gasteiger partial charge is 0.481 e.